The predicted molar refractivity (Wildman–Crippen MR) is 79.1 cm³/mol. The van der Waals surface area contributed by atoms with Crippen LogP contribution in [0.2, 0.25) is 0 Å². The Hall–Kier alpha value is -1.22. The van der Waals surface area contributed by atoms with Gasteiger partial charge in [0.1, 0.15) is 0 Å². The normalized spacial score (nSPS) is 24.1. The minimum atomic E-state index is -0.0538. The van der Waals surface area contributed by atoms with Gasteiger partial charge in [0, 0.05) is 26.1 Å². The Morgan fingerprint density at radius 3 is 2.37 bits per heavy atom. The van der Waals surface area contributed by atoms with E-state index in [1.807, 2.05) is 23.1 Å². The average molecular weight is 279 g/mol. The number of alkyl halides is 1. The highest BCUT2D eigenvalue weighted by Crippen LogP contribution is 2.34. The van der Waals surface area contributed by atoms with Crippen molar-refractivity contribution in [3.63, 3.8) is 0 Å². The standard InChI is InChI=1S/C15H19ClN2O/c16-12-10-15(19)18(11-12)14-7-3-2-6-13(14)17-8-4-1-5-9-17/h2-3,6-7,12H,1,4-5,8-11H2. The lowest BCUT2D eigenvalue weighted by Gasteiger charge is -2.32. The molecule has 4 heteroatoms. The van der Waals surface area contributed by atoms with Crippen molar-refractivity contribution in [3.8, 4) is 0 Å². The minimum Gasteiger partial charge on any atom is -0.370 e. The van der Waals surface area contributed by atoms with Gasteiger partial charge in [0.2, 0.25) is 5.91 Å². The molecule has 0 N–H and O–H groups in total. The Bertz CT molecular complexity index is 471. The second kappa shape index (κ2) is 5.41. The molecule has 0 aliphatic carbocycles. The fourth-order valence-electron chi connectivity index (χ4n) is 2.99. The average Bonchev–Trinajstić information content (AvgIpc) is 2.79. The summed E-state index contributed by atoms with van der Waals surface area (Å²) in [6, 6.07) is 8.20. The van der Waals surface area contributed by atoms with Crippen LogP contribution in [0, 0.1) is 0 Å². The summed E-state index contributed by atoms with van der Waals surface area (Å²) in [5.41, 5.74) is 2.21. The summed E-state index contributed by atoms with van der Waals surface area (Å²) < 4.78 is 0. The van der Waals surface area contributed by atoms with E-state index in [4.69, 9.17) is 11.6 Å². The van der Waals surface area contributed by atoms with Gasteiger partial charge in [-0.2, -0.15) is 0 Å². The van der Waals surface area contributed by atoms with Gasteiger partial charge >= 0.3 is 0 Å². The summed E-state index contributed by atoms with van der Waals surface area (Å²) in [6.45, 7) is 2.80. The molecule has 2 saturated heterocycles. The quantitative estimate of drug-likeness (QED) is 0.777. The first-order valence-electron chi connectivity index (χ1n) is 7.04. The Kier molecular flexibility index (Phi) is 3.65. The van der Waals surface area contributed by atoms with E-state index in [-0.39, 0.29) is 11.3 Å². The van der Waals surface area contributed by atoms with Crippen molar-refractivity contribution < 1.29 is 4.79 Å². The zero-order valence-electron chi connectivity index (χ0n) is 11.0. The largest absolute Gasteiger partial charge is 0.370 e. The zero-order chi connectivity index (χ0) is 13.2. The van der Waals surface area contributed by atoms with E-state index < -0.39 is 0 Å². The number of para-hydroxylation sites is 2. The number of hydrogen-bond donors (Lipinski definition) is 0. The van der Waals surface area contributed by atoms with Gasteiger partial charge in [-0.05, 0) is 31.4 Å². The van der Waals surface area contributed by atoms with Crippen LogP contribution in [0.25, 0.3) is 0 Å². The summed E-state index contributed by atoms with van der Waals surface area (Å²) in [5, 5.41) is -0.0538. The van der Waals surface area contributed by atoms with Gasteiger partial charge in [0.05, 0.1) is 16.8 Å². The molecule has 0 spiro atoms. The summed E-state index contributed by atoms with van der Waals surface area (Å²) in [4.78, 5) is 16.3. The van der Waals surface area contributed by atoms with Gasteiger partial charge in [-0.3, -0.25) is 4.79 Å². The highest BCUT2D eigenvalue weighted by molar-refractivity contribution is 6.24. The monoisotopic (exact) mass is 278 g/mol. The fourth-order valence-corrected chi connectivity index (χ4v) is 3.26. The lowest BCUT2D eigenvalue weighted by molar-refractivity contribution is -0.117. The number of hydrogen-bond acceptors (Lipinski definition) is 2. The number of piperidine rings is 1. The van der Waals surface area contributed by atoms with Crippen LogP contribution in [0.3, 0.4) is 0 Å². The topological polar surface area (TPSA) is 23.6 Å². The number of benzene rings is 1. The SMILES string of the molecule is O=C1CC(Cl)CN1c1ccccc1N1CCCCC1. The maximum Gasteiger partial charge on any atom is 0.228 e. The second-order valence-corrected chi connectivity index (χ2v) is 5.96. The first-order chi connectivity index (χ1) is 9.25. The maximum atomic E-state index is 12.0. The third kappa shape index (κ3) is 2.57. The summed E-state index contributed by atoms with van der Waals surface area (Å²) >= 11 is 6.11. The molecule has 1 atom stereocenters. The van der Waals surface area contributed by atoms with Crippen molar-refractivity contribution in [2.24, 2.45) is 0 Å². The van der Waals surface area contributed by atoms with E-state index in [1.54, 1.807) is 0 Å². The van der Waals surface area contributed by atoms with Gasteiger partial charge in [-0.1, -0.05) is 12.1 Å². The van der Waals surface area contributed by atoms with Crippen molar-refractivity contribution in [1.82, 2.24) is 0 Å². The van der Waals surface area contributed by atoms with Gasteiger partial charge in [0.25, 0.3) is 0 Å². The summed E-state index contributed by atoms with van der Waals surface area (Å²) in [6.07, 6.45) is 4.24. The lowest BCUT2D eigenvalue weighted by atomic mass is 10.1. The van der Waals surface area contributed by atoms with Crippen LogP contribution < -0.4 is 9.80 Å². The van der Waals surface area contributed by atoms with Gasteiger partial charge in [-0.15, -0.1) is 11.6 Å². The van der Waals surface area contributed by atoms with Crippen LogP contribution in [0.15, 0.2) is 24.3 Å². The number of nitrogens with zero attached hydrogens (tertiary/aromatic N) is 2. The van der Waals surface area contributed by atoms with E-state index >= 15 is 0 Å². The number of anilines is 2. The summed E-state index contributed by atoms with van der Waals surface area (Å²) in [5.74, 6) is 0.143. The zero-order valence-corrected chi connectivity index (χ0v) is 11.8. The van der Waals surface area contributed by atoms with Crippen molar-refractivity contribution in [2.75, 3.05) is 29.4 Å². The molecule has 0 radical (unpaired) electrons. The van der Waals surface area contributed by atoms with E-state index in [1.165, 1.54) is 24.9 Å². The van der Waals surface area contributed by atoms with Crippen LogP contribution in [-0.4, -0.2) is 30.9 Å². The van der Waals surface area contributed by atoms with E-state index in [0.29, 0.717) is 13.0 Å². The molecule has 2 heterocycles. The third-order valence-corrected chi connectivity index (χ3v) is 4.24. The Labute approximate surface area is 119 Å². The molecule has 1 unspecified atom stereocenters. The molecular weight excluding hydrogens is 260 g/mol. The maximum absolute atomic E-state index is 12.0. The van der Waals surface area contributed by atoms with Crippen LogP contribution in [0.1, 0.15) is 25.7 Å². The molecule has 1 aromatic carbocycles. The second-order valence-electron chi connectivity index (χ2n) is 5.34. The van der Waals surface area contributed by atoms with Crippen molar-refractivity contribution in [2.45, 2.75) is 31.1 Å². The molecule has 102 valence electrons. The molecule has 0 saturated carbocycles. The number of halogens is 1. The fraction of sp³-hybridized carbons (Fsp3) is 0.533. The number of carbonyl (C=O) groups excluding carboxylic acids is 1. The Morgan fingerprint density at radius 1 is 1.05 bits per heavy atom. The molecule has 0 bridgehead atoms. The highest BCUT2D eigenvalue weighted by Gasteiger charge is 2.31. The molecule has 1 amide bonds. The molecule has 1 aromatic rings. The van der Waals surface area contributed by atoms with Crippen molar-refractivity contribution >= 4 is 28.9 Å². The van der Waals surface area contributed by atoms with Gasteiger partial charge in [0.15, 0.2) is 0 Å². The molecular formula is C15H19ClN2O. The predicted octanol–water partition coefficient (Wildman–Crippen LogP) is 3.02. The van der Waals surface area contributed by atoms with E-state index in [0.717, 1.165) is 18.8 Å². The Balaban J connectivity index is 1.90. The first-order valence-corrected chi connectivity index (χ1v) is 7.48. The van der Waals surface area contributed by atoms with Crippen LogP contribution in [-0.2, 0) is 4.79 Å². The van der Waals surface area contributed by atoms with E-state index in [2.05, 4.69) is 11.0 Å². The third-order valence-electron chi connectivity index (χ3n) is 3.95. The first kappa shape index (κ1) is 12.8. The molecule has 2 fully saturated rings. The molecule has 19 heavy (non-hydrogen) atoms. The van der Waals surface area contributed by atoms with Crippen LogP contribution in [0.5, 0.6) is 0 Å². The molecule has 0 aromatic heterocycles. The number of amides is 1. The molecule has 2 aliphatic rings. The summed E-state index contributed by atoms with van der Waals surface area (Å²) in [7, 11) is 0. The van der Waals surface area contributed by atoms with Gasteiger partial charge < -0.3 is 9.80 Å². The minimum absolute atomic E-state index is 0.0538. The van der Waals surface area contributed by atoms with Gasteiger partial charge in [-0.25, -0.2) is 0 Å². The van der Waals surface area contributed by atoms with Crippen LogP contribution >= 0.6 is 11.6 Å². The molecule has 3 rings (SSSR count). The number of carbonyl (C=O) groups is 1. The lowest BCUT2D eigenvalue weighted by Crippen LogP contribution is -2.33. The molecule has 3 nitrogen and oxygen atoms in total. The highest BCUT2D eigenvalue weighted by atomic mass is 35.5. The molecule has 2 aliphatic heterocycles. The van der Waals surface area contributed by atoms with Crippen molar-refractivity contribution in [3.05, 3.63) is 24.3 Å². The van der Waals surface area contributed by atoms with E-state index in [9.17, 15) is 4.79 Å². The smallest absolute Gasteiger partial charge is 0.228 e. The van der Waals surface area contributed by atoms with Crippen LogP contribution in [0.4, 0.5) is 11.4 Å². The number of rotatable bonds is 2. The van der Waals surface area contributed by atoms with Crippen molar-refractivity contribution in [1.29, 1.82) is 0 Å². The Morgan fingerprint density at radius 2 is 1.74 bits per heavy atom.